The molecule has 1 fully saturated rings. The van der Waals surface area contributed by atoms with Gasteiger partial charge in [0.05, 0.1) is 5.75 Å². The van der Waals surface area contributed by atoms with Gasteiger partial charge in [0.2, 0.25) is 0 Å². The fourth-order valence-corrected chi connectivity index (χ4v) is 3.52. The maximum Gasteiger partial charge on any atom is 0.151 e. The Hall–Kier alpha value is -0.130. The van der Waals surface area contributed by atoms with E-state index in [1.165, 1.54) is 19.3 Å². The Kier molecular flexibility index (Phi) is 6.60. The molecule has 1 saturated heterocycles. The van der Waals surface area contributed by atoms with Crippen molar-refractivity contribution in [3.05, 3.63) is 0 Å². The molecular weight excluding hydrogens is 248 g/mol. The van der Waals surface area contributed by atoms with Gasteiger partial charge in [0, 0.05) is 24.4 Å². The number of hydrogen-bond donors (Lipinski definition) is 1. The van der Waals surface area contributed by atoms with Crippen molar-refractivity contribution in [3.63, 3.8) is 0 Å². The Balaban J connectivity index is 2.54. The molecule has 0 radical (unpaired) electrons. The van der Waals surface area contributed by atoms with Gasteiger partial charge < -0.3 is 5.32 Å². The van der Waals surface area contributed by atoms with Crippen LogP contribution in [-0.4, -0.2) is 56.5 Å². The minimum Gasteiger partial charge on any atom is -0.313 e. The average molecular weight is 276 g/mol. The highest BCUT2D eigenvalue weighted by atomic mass is 32.2. The molecule has 0 saturated carbocycles. The Labute approximate surface area is 112 Å². The number of rotatable bonds is 7. The van der Waals surface area contributed by atoms with Gasteiger partial charge in [-0.2, -0.15) is 0 Å². The van der Waals surface area contributed by atoms with E-state index in [-0.39, 0.29) is 5.75 Å². The lowest BCUT2D eigenvalue weighted by Gasteiger charge is -2.39. The minimum atomic E-state index is -2.84. The van der Waals surface area contributed by atoms with Crippen LogP contribution in [0.3, 0.4) is 0 Å². The van der Waals surface area contributed by atoms with Gasteiger partial charge in [-0.25, -0.2) is 8.42 Å². The molecule has 0 bridgehead atoms. The lowest BCUT2D eigenvalue weighted by molar-refractivity contribution is 0.127. The van der Waals surface area contributed by atoms with Crippen LogP contribution in [0.25, 0.3) is 0 Å². The fourth-order valence-electron chi connectivity index (χ4n) is 2.72. The number of nitrogens with zero attached hydrogens (tertiary/aromatic N) is 1. The number of sulfone groups is 1. The summed E-state index contributed by atoms with van der Waals surface area (Å²) in [5.74, 6) is 0.563. The second-order valence-electron chi connectivity index (χ2n) is 5.18. The Morgan fingerprint density at radius 3 is 2.67 bits per heavy atom. The van der Waals surface area contributed by atoms with Crippen LogP contribution >= 0.6 is 0 Å². The SMILES string of the molecule is CCNC(C)C1CCCCN1CCS(=O)(=O)CC. The zero-order valence-corrected chi connectivity index (χ0v) is 12.8. The first-order valence-electron chi connectivity index (χ1n) is 7.18. The van der Waals surface area contributed by atoms with E-state index >= 15 is 0 Å². The quantitative estimate of drug-likeness (QED) is 0.761. The summed E-state index contributed by atoms with van der Waals surface area (Å²) in [6, 6.07) is 0.936. The highest BCUT2D eigenvalue weighted by Crippen LogP contribution is 2.19. The zero-order valence-electron chi connectivity index (χ0n) is 12.0. The molecule has 5 heteroatoms. The van der Waals surface area contributed by atoms with Crippen LogP contribution in [0.4, 0.5) is 0 Å². The van der Waals surface area contributed by atoms with Gasteiger partial charge in [0.15, 0.2) is 9.84 Å². The first kappa shape index (κ1) is 15.9. The van der Waals surface area contributed by atoms with Crippen LogP contribution in [0, 0.1) is 0 Å². The molecule has 0 spiro atoms. The molecule has 1 aliphatic heterocycles. The molecule has 0 aromatic heterocycles. The van der Waals surface area contributed by atoms with Crippen LogP contribution in [0.15, 0.2) is 0 Å². The third-order valence-electron chi connectivity index (χ3n) is 3.90. The van der Waals surface area contributed by atoms with Crippen LogP contribution in [0.5, 0.6) is 0 Å². The van der Waals surface area contributed by atoms with Crippen molar-refractivity contribution >= 4 is 9.84 Å². The molecule has 2 unspecified atom stereocenters. The minimum absolute atomic E-state index is 0.258. The van der Waals surface area contributed by atoms with E-state index in [1.54, 1.807) is 6.92 Å². The second-order valence-corrected chi connectivity index (χ2v) is 7.65. The van der Waals surface area contributed by atoms with Crippen LogP contribution < -0.4 is 5.32 Å². The smallest absolute Gasteiger partial charge is 0.151 e. The number of piperidine rings is 1. The van der Waals surface area contributed by atoms with Gasteiger partial charge in [-0.05, 0) is 32.9 Å². The molecule has 18 heavy (non-hydrogen) atoms. The molecule has 4 nitrogen and oxygen atoms in total. The van der Waals surface area contributed by atoms with Crippen molar-refractivity contribution in [1.82, 2.24) is 10.2 Å². The summed E-state index contributed by atoms with van der Waals surface area (Å²) < 4.78 is 23.2. The fraction of sp³-hybridized carbons (Fsp3) is 1.00. The van der Waals surface area contributed by atoms with Gasteiger partial charge in [-0.3, -0.25) is 4.90 Å². The summed E-state index contributed by atoms with van der Waals surface area (Å²) in [5, 5.41) is 3.47. The number of likely N-dealkylation sites (tertiary alicyclic amines) is 1. The van der Waals surface area contributed by atoms with Crippen molar-refractivity contribution in [2.45, 2.75) is 52.1 Å². The number of likely N-dealkylation sites (N-methyl/N-ethyl adjacent to an activating group) is 1. The van der Waals surface area contributed by atoms with E-state index in [2.05, 4.69) is 24.1 Å². The first-order chi connectivity index (χ1) is 8.50. The summed E-state index contributed by atoms with van der Waals surface area (Å²) in [6.45, 7) is 8.76. The third-order valence-corrected chi connectivity index (χ3v) is 5.58. The van der Waals surface area contributed by atoms with Crippen LogP contribution in [-0.2, 0) is 9.84 Å². The number of hydrogen-bond acceptors (Lipinski definition) is 4. The highest BCUT2D eigenvalue weighted by molar-refractivity contribution is 7.91. The summed E-state index contributed by atoms with van der Waals surface area (Å²) in [4.78, 5) is 2.37. The van der Waals surface area contributed by atoms with Gasteiger partial charge >= 0.3 is 0 Å². The Bertz CT molecular complexity index is 330. The summed E-state index contributed by atoms with van der Waals surface area (Å²) >= 11 is 0. The largest absolute Gasteiger partial charge is 0.313 e. The van der Waals surface area contributed by atoms with Crippen molar-refractivity contribution in [1.29, 1.82) is 0 Å². The molecular formula is C13H28N2O2S. The molecule has 1 N–H and O–H groups in total. The molecule has 0 amide bonds. The van der Waals surface area contributed by atoms with Gasteiger partial charge in [0.1, 0.15) is 0 Å². The summed E-state index contributed by atoms with van der Waals surface area (Å²) in [7, 11) is -2.84. The molecule has 0 aliphatic carbocycles. The molecule has 2 atom stereocenters. The van der Waals surface area contributed by atoms with E-state index in [0.717, 1.165) is 13.1 Å². The summed E-state index contributed by atoms with van der Waals surface area (Å²) in [5.41, 5.74) is 0. The maximum absolute atomic E-state index is 11.6. The maximum atomic E-state index is 11.6. The second kappa shape index (κ2) is 7.46. The Morgan fingerprint density at radius 2 is 2.06 bits per heavy atom. The van der Waals surface area contributed by atoms with Crippen molar-refractivity contribution in [3.8, 4) is 0 Å². The highest BCUT2D eigenvalue weighted by Gasteiger charge is 2.27. The molecule has 1 aliphatic rings. The van der Waals surface area contributed by atoms with Crippen molar-refractivity contribution in [2.75, 3.05) is 31.1 Å². The van der Waals surface area contributed by atoms with Crippen LogP contribution in [0.2, 0.25) is 0 Å². The van der Waals surface area contributed by atoms with E-state index in [9.17, 15) is 8.42 Å². The van der Waals surface area contributed by atoms with E-state index in [1.807, 2.05) is 0 Å². The molecule has 1 rings (SSSR count). The third kappa shape index (κ3) is 4.86. The standard InChI is InChI=1S/C13H28N2O2S/c1-4-14-12(3)13-8-6-7-9-15(13)10-11-18(16,17)5-2/h12-14H,4-11H2,1-3H3. The van der Waals surface area contributed by atoms with E-state index < -0.39 is 9.84 Å². The predicted molar refractivity (Wildman–Crippen MR) is 76.7 cm³/mol. The lowest BCUT2D eigenvalue weighted by atomic mass is 9.96. The normalized spacial score (nSPS) is 24.1. The molecule has 1 heterocycles. The Morgan fingerprint density at radius 1 is 1.33 bits per heavy atom. The molecule has 0 aromatic carbocycles. The van der Waals surface area contributed by atoms with Crippen LogP contribution in [0.1, 0.15) is 40.0 Å². The summed E-state index contributed by atoms with van der Waals surface area (Å²) in [6.07, 6.45) is 3.64. The number of nitrogens with one attached hydrogen (secondary N) is 1. The zero-order chi connectivity index (χ0) is 13.6. The van der Waals surface area contributed by atoms with E-state index in [4.69, 9.17) is 0 Å². The topological polar surface area (TPSA) is 49.4 Å². The van der Waals surface area contributed by atoms with Crippen molar-refractivity contribution < 1.29 is 8.42 Å². The van der Waals surface area contributed by atoms with Gasteiger partial charge in [0.25, 0.3) is 0 Å². The van der Waals surface area contributed by atoms with Gasteiger partial charge in [-0.15, -0.1) is 0 Å². The predicted octanol–water partition coefficient (Wildman–Crippen LogP) is 1.27. The van der Waals surface area contributed by atoms with E-state index in [0.29, 0.717) is 24.4 Å². The average Bonchev–Trinajstić information content (AvgIpc) is 2.37. The van der Waals surface area contributed by atoms with Crippen molar-refractivity contribution in [2.24, 2.45) is 0 Å². The molecule has 0 aromatic rings. The molecule has 108 valence electrons. The van der Waals surface area contributed by atoms with Gasteiger partial charge in [-0.1, -0.05) is 20.3 Å². The lowest BCUT2D eigenvalue weighted by Crippen LogP contribution is -2.52. The monoisotopic (exact) mass is 276 g/mol. The first-order valence-corrected chi connectivity index (χ1v) is 9.00.